The molecule has 1 amide bonds. The average Bonchev–Trinajstić information content (AvgIpc) is 0.793. The van der Waals surface area contributed by atoms with Gasteiger partial charge in [-0.15, -0.1) is 0 Å². The van der Waals surface area contributed by atoms with Gasteiger partial charge in [0.15, 0.2) is 17.5 Å². The van der Waals surface area contributed by atoms with Crippen LogP contribution in [0.4, 0.5) is 39.3 Å². The number of pyridine rings is 6. The van der Waals surface area contributed by atoms with Gasteiger partial charge in [0.25, 0.3) is 0 Å². The van der Waals surface area contributed by atoms with Gasteiger partial charge in [0, 0.05) is 66.3 Å². The summed E-state index contributed by atoms with van der Waals surface area (Å²) in [4.78, 5) is 67.4. The number of nitrogens with zero attached hydrogens (tertiary/aromatic N) is 12. The second-order valence-corrected chi connectivity index (χ2v) is 24.0. The third kappa shape index (κ3) is 16.2. The minimum Gasteiger partial charge on any atom is -0.444 e. The molecule has 9 heterocycles. The molecule has 0 unspecified atom stereocenters. The van der Waals surface area contributed by atoms with E-state index in [1.807, 2.05) is 178 Å². The Kier molecular flexibility index (Phi) is 19.9. The van der Waals surface area contributed by atoms with Gasteiger partial charge in [0.2, 0.25) is 0 Å². The molecule has 8 N–H and O–H groups in total. The Labute approximate surface area is 577 Å². The van der Waals surface area contributed by atoms with Gasteiger partial charge < -0.3 is 32.2 Å². The predicted octanol–water partition coefficient (Wildman–Crippen LogP) is 16.6. The van der Waals surface area contributed by atoms with Crippen LogP contribution in [-0.4, -0.2) is 71.5 Å². The number of nitrogen functional groups attached to an aromatic ring is 2. The molecule has 0 saturated carbocycles. The summed E-state index contributed by atoms with van der Waals surface area (Å²) >= 11 is 0. The summed E-state index contributed by atoms with van der Waals surface area (Å²) in [5.41, 5.74) is 26.8. The van der Waals surface area contributed by atoms with Crippen LogP contribution in [0.2, 0.25) is 0 Å². The lowest BCUT2D eigenvalue weighted by atomic mass is 10.0. The normalized spacial score (nSPS) is 11.0. The quantitative estimate of drug-likeness (QED) is 0.0524. The number of hydrogen-bond acceptors (Lipinski definition) is 19. The van der Waals surface area contributed by atoms with Gasteiger partial charge >= 0.3 is 6.09 Å². The first-order valence-corrected chi connectivity index (χ1v) is 32.3. The summed E-state index contributed by atoms with van der Waals surface area (Å²) in [5.74, 6) is 3.79. The molecule has 20 heteroatoms. The maximum absolute atomic E-state index is 12.3. The van der Waals surface area contributed by atoms with E-state index < -0.39 is 11.7 Å². The number of rotatable bonds is 16. The maximum atomic E-state index is 12.3. The summed E-state index contributed by atoms with van der Waals surface area (Å²) in [6, 6.07) is 71.9. The summed E-state index contributed by atoms with van der Waals surface area (Å²) in [5, 5.41) is 16.0. The van der Waals surface area contributed by atoms with Gasteiger partial charge in [-0.2, -0.15) is 0 Å². The number of amides is 1. The van der Waals surface area contributed by atoms with Crippen LogP contribution in [0.25, 0.3) is 100 Å². The highest BCUT2D eigenvalue weighted by Gasteiger charge is 2.21. The first-order valence-electron chi connectivity index (χ1n) is 32.3. The number of ether oxygens (including phenoxy) is 1. The third-order valence-electron chi connectivity index (χ3n) is 15.6. The Morgan fingerprint density at radius 3 is 1.04 bits per heavy atom. The van der Waals surface area contributed by atoms with Crippen LogP contribution in [0, 0.1) is 0 Å². The van der Waals surface area contributed by atoms with E-state index in [4.69, 9.17) is 46.1 Å². The molecule has 6 aromatic carbocycles. The molecule has 15 aromatic rings. The number of carbonyl (C=O) groups excluding carboxylic acids is 1. The van der Waals surface area contributed by atoms with Gasteiger partial charge in [-0.05, 0) is 127 Å². The molecule has 0 aliphatic rings. The van der Waals surface area contributed by atoms with Crippen molar-refractivity contribution in [1.82, 2.24) is 59.8 Å². The monoisotopic (exact) mass is 1310 g/mol. The molecule has 0 atom stereocenters. The standard InChI is InChI=1S/C30H28N6O2.2C25H20N6/c1-30(2,3)38-29(37)34-23-16-21(17-31-18-23)27-35-25-14-9-13-24(20-10-5-4-6-11-20)26(25)28(36-27)33-19-22-12-7-8-15-32-22;2*26-19-13-18(14-27-15-19)24-30-22-11-6-10-21(17-7-2-1-3-8-17)23(22)25(31-24)29-16-20-9-4-5-12-28-20/h4-18H,19H2,1-3H3,(H,34,37)(H,33,35,36);2*1-15H,16,26H2,(H,29,30,31). The van der Waals surface area contributed by atoms with E-state index in [1.54, 1.807) is 61.8 Å². The lowest BCUT2D eigenvalue weighted by Gasteiger charge is -2.19. The van der Waals surface area contributed by atoms with Crippen molar-refractivity contribution in [2.75, 3.05) is 32.7 Å². The summed E-state index contributed by atoms with van der Waals surface area (Å²) in [6.07, 6.45) is 14.7. The van der Waals surface area contributed by atoms with Gasteiger partial charge in [-0.3, -0.25) is 35.2 Å². The molecular formula is C80H68N18O2. The number of hydrogen-bond donors (Lipinski definition) is 6. The molecule has 100 heavy (non-hydrogen) atoms. The predicted molar refractivity (Wildman–Crippen MR) is 398 cm³/mol. The maximum Gasteiger partial charge on any atom is 0.412 e. The van der Waals surface area contributed by atoms with Crippen LogP contribution in [-0.2, 0) is 24.4 Å². The molecule has 0 radical (unpaired) electrons. The molecule has 9 aromatic heterocycles. The van der Waals surface area contributed by atoms with E-state index in [9.17, 15) is 4.79 Å². The van der Waals surface area contributed by atoms with Crippen molar-refractivity contribution in [2.45, 2.75) is 46.0 Å². The highest BCUT2D eigenvalue weighted by molar-refractivity contribution is 6.05. The molecule has 15 rings (SSSR count). The van der Waals surface area contributed by atoms with Crippen molar-refractivity contribution in [3.8, 4) is 67.5 Å². The number of fused-ring (bicyclic) bond motifs is 3. The van der Waals surface area contributed by atoms with Crippen LogP contribution >= 0.6 is 0 Å². The van der Waals surface area contributed by atoms with Crippen LogP contribution in [0.5, 0.6) is 0 Å². The van der Waals surface area contributed by atoms with Gasteiger partial charge in [0.1, 0.15) is 23.1 Å². The van der Waals surface area contributed by atoms with Crippen LogP contribution in [0.3, 0.4) is 0 Å². The number of anilines is 6. The van der Waals surface area contributed by atoms with Gasteiger partial charge in [-0.1, -0.05) is 146 Å². The van der Waals surface area contributed by atoms with E-state index >= 15 is 0 Å². The first kappa shape index (κ1) is 65.2. The van der Waals surface area contributed by atoms with Crippen molar-refractivity contribution in [1.29, 1.82) is 0 Å². The fourth-order valence-electron chi connectivity index (χ4n) is 11.1. The van der Waals surface area contributed by atoms with E-state index in [-0.39, 0.29) is 0 Å². The molecule has 0 bridgehead atoms. The second-order valence-electron chi connectivity index (χ2n) is 24.0. The lowest BCUT2D eigenvalue weighted by molar-refractivity contribution is 0.0635. The molecule has 20 nitrogen and oxygen atoms in total. The molecule has 0 aliphatic heterocycles. The van der Waals surface area contributed by atoms with Crippen LogP contribution < -0.4 is 32.7 Å². The van der Waals surface area contributed by atoms with Crippen molar-refractivity contribution < 1.29 is 9.53 Å². The third-order valence-corrected chi connectivity index (χ3v) is 15.6. The van der Waals surface area contributed by atoms with Gasteiger partial charge in [-0.25, -0.2) is 34.7 Å². The Bertz CT molecular complexity index is 5080. The minimum absolute atomic E-state index is 0.478. The van der Waals surface area contributed by atoms with E-state index in [0.29, 0.717) is 65.6 Å². The Morgan fingerprint density at radius 2 is 0.710 bits per heavy atom. The number of benzene rings is 6. The highest BCUT2D eigenvalue weighted by Crippen LogP contribution is 2.38. The largest absolute Gasteiger partial charge is 0.444 e. The number of nitrogens with one attached hydrogen (secondary N) is 4. The molecule has 0 saturated heterocycles. The zero-order valence-corrected chi connectivity index (χ0v) is 54.9. The zero-order valence-electron chi connectivity index (χ0n) is 54.9. The van der Waals surface area contributed by atoms with Crippen molar-refractivity contribution >= 4 is 73.3 Å². The average molecular weight is 1310 g/mol. The second kappa shape index (κ2) is 30.5. The number of nitrogens with two attached hydrogens (primary N) is 2. The Morgan fingerprint density at radius 1 is 0.370 bits per heavy atom. The minimum atomic E-state index is -0.610. The van der Waals surface area contributed by atoms with Crippen LogP contribution in [0.1, 0.15) is 37.9 Å². The van der Waals surface area contributed by atoms with Crippen LogP contribution in [0.15, 0.2) is 274 Å². The van der Waals surface area contributed by atoms with Crippen molar-refractivity contribution in [3.05, 3.63) is 291 Å². The SMILES string of the molecule is CC(C)(C)OC(=O)Nc1cncc(-c2nc(NCc3ccccn3)c3c(-c4ccccc4)cccc3n2)c1.Nc1cncc(-c2nc(NCc3ccccn3)c3c(-c4ccccc4)cccc3n2)c1.Nc1cncc(-c2nc(NCc3ccccn3)c3c(-c4ccccc4)cccc3n2)c1. The summed E-state index contributed by atoms with van der Waals surface area (Å²) in [6.45, 7) is 7.03. The zero-order chi connectivity index (χ0) is 68.6. The number of carbonyl (C=O) groups is 1. The first-order chi connectivity index (χ1) is 48.9. The molecule has 0 aliphatic carbocycles. The van der Waals surface area contributed by atoms with E-state index in [0.717, 1.165) is 106 Å². The number of aromatic nitrogens is 12. The molecular weight excluding hydrogens is 1250 g/mol. The van der Waals surface area contributed by atoms with E-state index in [2.05, 4.69) is 106 Å². The molecule has 490 valence electrons. The topological polar surface area (TPSA) is 281 Å². The molecule has 0 spiro atoms. The lowest BCUT2D eigenvalue weighted by Crippen LogP contribution is -2.27. The highest BCUT2D eigenvalue weighted by atomic mass is 16.6. The summed E-state index contributed by atoms with van der Waals surface area (Å²) in [7, 11) is 0. The fraction of sp³-hybridized carbons (Fsp3) is 0.0875. The van der Waals surface area contributed by atoms with Gasteiger partial charge in [0.05, 0.1) is 92.7 Å². The fourth-order valence-corrected chi connectivity index (χ4v) is 11.1. The van der Waals surface area contributed by atoms with Crippen molar-refractivity contribution in [2.24, 2.45) is 0 Å². The Balaban J connectivity index is 0.000000135. The Hall–Kier alpha value is -13.5. The van der Waals surface area contributed by atoms with E-state index in [1.165, 1.54) is 0 Å². The smallest absolute Gasteiger partial charge is 0.412 e. The molecule has 0 fully saturated rings. The summed E-state index contributed by atoms with van der Waals surface area (Å²) < 4.78 is 5.37. The van der Waals surface area contributed by atoms with Crippen molar-refractivity contribution in [3.63, 3.8) is 0 Å².